The Morgan fingerprint density at radius 2 is 1.79 bits per heavy atom. The molecule has 0 fully saturated rings. The van der Waals surface area contributed by atoms with Crippen molar-refractivity contribution in [3.8, 4) is 28.7 Å². The minimum Gasteiger partial charge on any atom is -0.508 e. The third kappa shape index (κ3) is 2.29. The second-order valence-electron chi connectivity index (χ2n) is 5.32. The molecule has 0 saturated carbocycles. The second-order valence-corrected chi connectivity index (χ2v) is 5.32. The number of hydrogen-bond donors (Lipinski definition) is 5. The third-order valence-electron chi connectivity index (χ3n) is 3.74. The highest BCUT2D eigenvalue weighted by atomic mass is 16.6. The van der Waals surface area contributed by atoms with E-state index >= 15 is 0 Å². The largest absolute Gasteiger partial charge is 0.508 e. The van der Waals surface area contributed by atoms with Crippen LogP contribution in [0.2, 0.25) is 0 Å². The lowest BCUT2D eigenvalue weighted by Gasteiger charge is -2.35. The summed E-state index contributed by atoms with van der Waals surface area (Å²) in [7, 11) is 1.31. The molecule has 0 spiro atoms. The van der Waals surface area contributed by atoms with Crippen LogP contribution in [0, 0.1) is 0 Å². The number of methoxy groups -OCH3 is 1. The van der Waals surface area contributed by atoms with Gasteiger partial charge in [0.1, 0.15) is 22.8 Å². The standard InChI is InChI=1S/C16H14O8/c1-23-11-4-7(2-3-9(11)18)15-16(21,22)14(20)13-10(19)5-8(17)6-12(13)24-15/h2-6,15,17-19,21-22H,1H3. The monoisotopic (exact) mass is 334 g/mol. The molecule has 2 aromatic rings. The highest BCUT2D eigenvalue weighted by Gasteiger charge is 2.51. The van der Waals surface area contributed by atoms with E-state index < -0.39 is 29.0 Å². The topological polar surface area (TPSA) is 137 Å². The Hall–Kier alpha value is -2.97. The van der Waals surface area contributed by atoms with Crippen molar-refractivity contribution in [3.05, 3.63) is 41.5 Å². The summed E-state index contributed by atoms with van der Waals surface area (Å²) in [5.74, 6) is -5.48. The van der Waals surface area contributed by atoms with Gasteiger partial charge in [0.2, 0.25) is 5.78 Å². The summed E-state index contributed by atoms with van der Waals surface area (Å²) in [6.07, 6.45) is -1.56. The molecule has 5 N–H and O–H groups in total. The minimum absolute atomic E-state index is 0.0453. The number of aliphatic hydroxyl groups is 2. The lowest BCUT2D eigenvalue weighted by molar-refractivity contribution is -0.186. The number of rotatable bonds is 2. The van der Waals surface area contributed by atoms with Gasteiger partial charge >= 0.3 is 0 Å². The van der Waals surface area contributed by atoms with E-state index in [0.717, 1.165) is 12.1 Å². The van der Waals surface area contributed by atoms with Crippen molar-refractivity contribution in [2.45, 2.75) is 11.9 Å². The van der Waals surface area contributed by atoms with E-state index in [1.54, 1.807) is 0 Å². The third-order valence-corrected chi connectivity index (χ3v) is 3.74. The van der Waals surface area contributed by atoms with Gasteiger partial charge in [-0.2, -0.15) is 0 Å². The van der Waals surface area contributed by atoms with Gasteiger partial charge in [0.25, 0.3) is 5.79 Å². The first kappa shape index (κ1) is 15.9. The molecular weight excluding hydrogens is 320 g/mol. The molecule has 0 aromatic heterocycles. The van der Waals surface area contributed by atoms with Crippen LogP contribution >= 0.6 is 0 Å². The quantitative estimate of drug-likeness (QED) is 0.509. The molecule has 8 nitrogen and oxygen atoms in total. The number of ketones is 1. The Morgan fingerprint density at radius 3 is 2.46 bits per heavy atom. The van der Waals surface area contributed by atoms with E-state index in [1.807, 2.05) is 0 Å². The summed E-state index contributed by atoms with van der Waals surface area (Å²) in [6.45, 7) is 0. The van der Waals surface area contributed by atoms with Crippen molar-refractivity contribution in [1.82, 2.24) is 0 Å². The fourth-order valence-electron chi connectivity index (χ4n) is 2.58. The lowest BCUT2D eigenvalue weighted by atomic mass is 9.89. The molecule has 0 saturated heterocycles. The zero-order valence-electron chi connectivity index (χ0n) is 12.4. The molecule has 0 bridgehead atoms. The maximum atomic E-state index is 12.4. The molecule has 2 aromatic carbocycles. The maximum absolute atomic E-state index is 12.4. The molecule has 1 aliphatic rings. The molecular formula is C16H14O8. The smallest absolute Gasteiger partial charge is 0.271 e. The summed E-state index contributed by atoms with van der Waals surface area (Å²) < 4.78 is 10.4. The Balaban J connectivity index is 2.14. The molecule has 126 valence electrons. The number of hydrogen-bond acceptors (Lipinski definition) is 8. The maximum Gasteiger partial charge on any atom is 0.271 e. The molecule has 0 amide bonds. The van der Waals surface area contributed by atoms with Crippen LogP contribution in [0.5, 0.6) is 28.7 Å². The van der Waals surface area contributed by atoms with Crippen LogP contribution in [0.25, 0.3) is 0 Å². The first-order valence-corrected chi connectivity index (χ1v) is 6.84. The number of phenols is 3. The van der Waals surface area contributed by atoms with Crippen LogP contribution in [0.15, 0.2) is 30.3 Å². The van der Waals surface area contributed by atoms with Gasteiger partial charge in [-0.25, -0.2) is 0 Å². The van der Waals surface area contributed by atoms with E-state index in [1.165, 1.54) is 25.3 Å². The summed E-state index contributed by atoms with van der Waals surface area (Å²) in [4.78, 5) is 12.4. The first-order chi connectivity index (χ1) is 11.3. The number of aromatic hydroxyl groups is 3. The Labute approximate surface area is 135 Å². The molecule has 0 aliphatic carbocycles. The van der Waals surface area contributed by atoms with E-state index in [0.29, 0.717) is 0 Å². The van der Waals surface area contributed by atoms with E-state index in [2.05, 4.69) is 0 Å². The number of carbonyl (C=O) groups is 1. The van der Waals surface area contributed by atoms with Crippen LogP contribution in [0.3, 0.4) is 0 Å². The van der Waals surface area contributed by atoms with Crippen LogP contribution in [-0.2, 0) is 0 Å². The molecule has 1 atom stereocenters. The van der Waals surface area contributed by atoms with Gasteiger partial charge < -0.3 is 35.0 Å². The second kappa shape index (κ2) is 5.29. The Kier molecular flexibility index (Phi) is 3.51. The van der Waals surface area contributed by atoms with Gasteiger partial charge in [0, 0.05) is 17.7 Å². The van der Waals surface area contributed by atoms with Gasteiger partial charge in [-0.05, 0) is 12.1 Å². The van der Waals surface area contributed by atoms with E-state index in [9.17, 15) is 30.3 Å². The molecule has 1 aliphatic heterocycles. The van der Waals surface area contributed by atoms with Crippen molar-refractivity contribution in [2.75, 3.05) is 7.11 Å². The predicted molar refractivity (Wildman–Crippen MR) is 79.3 cm³/mol. The van der Waals surface area contributed by atoms with Gasteiger partial charge in [0.15, 0.2) is 17.6 Å². The van der Waals surface area contributed by atoms with Crippen LogP contribution in [-0.4, -0.2) is 44.2 Å². The fourth-order valence-corrected chi connectivity index (χ4v) is 2.58. The van der Waals surface area contributed by atoms with Crippen molar-refractivity contribution in [3.63, 3.8) is 0 Å². The number of Topliss-reactive ketones (excluding diaryl/α,β-unsaturated/α-hetero) is 1. The first-order valence-electron chi connectivity index (χ1n) is 6.84. The molecule has 24 heavy (non-hydrogen) atoms. The molecule has 1 heterocycles. The number of fused-ring (bicyclic) bond motifs is 1. The van der Waals surface area contributed by atoms with Crippen molar-refractivity contribution < 1.29 is 39.8 Å². The molecule has 1 unspecified atom stereocenters. The summed E-state index contributed by atoms with van der Waals surface area (Å²) in [5.41, 5.74) is -0.309. The lowest BCUT2D eigenvalue weighted by Crippen LogP contribution is -2.49. The molecule has 0 radical (unpaired) electrons. The number of phenolic OH excluding ortho intramolecular Hbond substituents is 3. The molecule has 8 heteroatoms. The molecule has 3 rings (SSSR count). The van der Waals surface area contributed by atoms with Gasteiger partial charge in [-0.15, -0.1) is 0 Å². The number of benzene rings is 2. The highest BCUT2D eigenvalue weighted by Crippen LogP contribution is 2.45. The van der Waals surface area contributed by atoms with Crippen molar-refractivity contribution in [2.24, 2.45) is 0 Å². The van der Waals surface area contributed by atoms with Crippen molar-refractivity contribution in [1.29, 1.82) is 0 Å². The Morgan fingerprint density at radius 1 is 1.08 bits per heavy atom. The predicted octanol–water partition coefficient (Wildman–Crippen LogP) is 0.809. The normalized spacial score (nSPS) is 18.6. The SMILES string of the molecule is COc1cc(C2Oc3cc(O)cc(O)c3C(=O)C2(O)O)ccc1O. The highest BCUT2D eigenvalue weighted by molar-refractivity contribution is 6.07. The zero-order chi connectivity index (χ0) is 17.6. The average Bonchev–Trinajstić information content (AvgIpc) is 2.51. The van der Waals surface area contributed by atoms with E-state index in [4.69, 9.17) is 9.47 Å². The summed E-state index contributed by atoms with van der Waals surface area (Å²) in [5, 5.41) is 49.4. The summed E-state index contributed by atoms with van der Waals surface area (Å²) in [6, 6.07) is 5.81. The average molecular weight is 334 g/mol. The van der Waals surface area contributed by atoms with Crippen LogP contribution in [0.1, 0.15) is 22.0 Å². The Bertz CT molecular complexity index is 827. The minimum atomic E-state index is -2.97. The number of ether oxygens (including phenoxy) is 2. The summed E-state index contributed by atoms with van der Waals surface area (Å²) >= 11 is 0. The van der Waals surface area contributed by atoms with Crippen LogP contribution < -0.4 is 9.47 Å². The van der Waals surface area contributed by atoms with E-state index in [-0.39, 0.29) is 28.6 Å². The van der Waals surface area contributed by atoms with Crippen LogP contribution in [0.4, 0.5) is 0 Å². The van der Waals surface area contributed by atoms with Gasteiger partial charge in [-0.1, -0.05) is 6.07 Å². The van der Waals surface area contributed by atoms with Gasteiger partial charge in [0.05, 0.1) is 7.11 Å². The zero-order valence-corrected chi connectivity index (χ0v) is 12.4. The van der Waals surface area contributed by atoms with Crippen molar-refractivity contribution >= 4 is 5.78 Å². The fraction of sp³-hybridized carbons (Fsp3) is 0.188. The van der Waals surface area contributed by atoms with Gasteiger partial charge in [-0.3, -0.25) is 4.79 Å². The number of carbonyl (C=O) groups excluding carboxylic acids is 1.